The van der Waals surface area contributed by atoms with Crippen LogP contribution in [0.25, 0.3) is 0 Å². The van der Waals surface area contributed by atoms with Gasteiger partial charge in [0, 0.05) is 26.2 Å². The molecule has 2 heterocycles. The van der Waals surface area contributed by atoms with Gasteiger partial charge in [0.15, 0.2) is 0 Å². The van der Waals surface area contributed by atoms with Crippen molar-refractivity contribution in [3.63, 3.8) is 0 Å². The van der Waals surface area contributed by atoms with Crippen LogP contribution < -0.4 is 0 Å². The Morgan fingerprint density at radius 1 is 0.871 bits per heavy atom. The van der Waals surface area contributed by atoms with Crippen LogP contribution in [-0.4, -0.2) is 49.7 Å². The molecule has 0 atom stereocenters. The SMILES string of the molecule is O=C1N(CCCCc2ccccc2)CCC12CCN(S(=O)(=O)c1ccccc1Cl)CC2. The van der Waals surface area contributed by atoms with E-state index in [1.807, 2.05) is 11.0 Å². The number of likely N-dealkylation sites (tertiary alicyclic amines) is 1. The minimum absolute atomic E-state index is 0.144. The first-order valence-electron chi connectivity index (χ1n) is 11.0. The van der Waals surface area contributed by atoms with Crippen LogP contribution in [0.5, 0.6) is 0 Å². The van der Waals surface area contributed by atoms with Crippen LogP contribution >= 0.6 is 11.6 Å². The first-order valence-corrected chi connectivity index (χ1v) is 12.8. The van der Waals surface area contributed by atoms with Gasteiger partial charge in [-0.15, -0.1) is 0 Å². The minimum Gasteiger partial charge on any atom is -0.342 e. The standard InChI is InChI=1S/C24H29ClN2O3S/c25-21-11-4-5-12-22(21)31(29,30)27-18-14-24(15-19-27)13-17-26(23(24)28)16-7-6-10-20-8-2-1-3-9-20/h1-5,8-9,11-12H,6-7,10,13-19H2. The largest absolute Gasteiger partial charge is 0.342 e. The fourth-order valence-corrected chi connectivity index (χ4v) is 6.73. The van der Waals surface area contributed by atoms with Gasteiger partial charge in [0.2, 0.25) is 15.9 Å². The molecular formula is C24H29ClN2O3S. The Hall–Kier alpha value is -1.89. The van der Waals surface area contributed by atoms with Gasteiger partial charge < -0.3 is 4.90 Å². The third-order valence-corrected chi connectivity index (χ3v) is 9.12. The number of aryl methyl sites for hydroxylation is 1. The highest BCUT2D eigenvalue weighted by molar-refractivity contribution is 7.89. The van der Waals surface area contributed by atoms with Crippen molar-refractivity contribution < 1.29 is 13.2 Å². The lowest BCUT2D eigenvalue weighted by molar-refractivity contribution is -0.137. The molecule has 0 N–H and O–H groups in total. The Kier molecular flexibility index (Phi) is 6.70. The summed E-state index contributed by atoms with van der Waals surface area (Å²) in [5, 5.41) is 0.237. The molecule has 0 bridgehead atoms. The van der Waals surface area contributed by atoms with Crippen molar-refractivity contribution in [3.05, 3.63) is 65.2 Å². The van der Waals surface area contributed by atoms with E-state index in [1.54, 1.807) is 24.3 Å². The quantitative estimate of drug-likeness (QED) is 0.576. The Bertz CT molecular complexity index is 1020. The summed E-state index contributed by atoms with van der Waals surface area (Å²) in [4.78, 5) is 15.3. The number of hydrogen-bond acceptors (Lipinski definition) is 3. The molecule has 0 radical (unpaired) electrons. The maximum atomic E-state index is 13.2. The number of halogens is 1. The molecule has 0 saturated carbocycles. The average molecular weight is 461 g/mol. The number of hydrogen-bond donors (Lipinski definition) is 0. The summed E-state index contributed by atoms with van der Waals surface area (Å²) >= 11 is 6.12. The maximum Gasteiger partial charge on any atom is 0.244 e. The molecule has 2 fully saturated rings. The van der Waals surface area contributed by atoms with E-state index in [0.717, 1.165) is 38.8 Å². The number of carbonyl (C=O) groups excluding carboxylic acids is 1. The number of unbranched alkanes of at least 4 members (excludes halogenated alkanes) is 1. The Morgan fingerprint density at radius 3 is 2.23 bits per heavy atom. The monoisotopic (exact) mass is 460 g/mol. The number of rotatable bonds is 7. The van der Waals surface area contributed by atoms with Crippen molar-refractivity contribution in [2.24, 2.45) is 5.41 Å². The summed E-state index contributed by atoms with van der Waals surface area (Å²) in [7, 11) is -3.64. The van der Waals surface area contributed by atoms with Gasteiger partial charge in [-0.3, -0.25) is 4.79 Å². The van der Waals surface area contributed by atoms with E-state index < -0.39 is 15.4 Å². The lowest BCUT2D eigenvalue weighted by atomic mass is 9.77. The number of sulfonamides is 1. The molecule has 0 unspecified atom stereocenters. The number of benzene rings is 2. The Labute approximate surface area is 190 Å². The molecule has 0 aliphatic carbocycles. The van der Waals surface area contributed by atoms with E-state index in [1.165, 1.54) is 9.87 Å². The zero-order valence-electron chi connectivity index (χ0n) is 17.7. The van der Waals surface area contributed by atoms with E-state index in [4.69, 9.17) is 11.6 Å². The molecular weight excluding hydrogens is 432 g/mol. The highest BCUT2D eigenvalue weighted by Crippen LogP contribution is 2.43. The third kappa shape index (κ3) is 4.66. The number of nitrogens with zero attached hydrogens (tertiary/aromatic N) is 2. The maximum absolute atomic E-state index is 13.2. The van der Waals surface area contributed by atoms with Gasteiger partial charge in [-0.2, -0.15) is 4.31 Å². The first kappa shape index (κ1) is 22.3. The second-order valence-electron chi connectivity index (χ2n) is 8.60. The predicted octanol–water partition coefficient (Wildman–Crippen LogP) is 4.37. The summed E-state index contributed by atoms with van der Waals surface area (Å²) in [6.07, 6.45) is 5.06. The highest BCUT2D eigenvalue weighted by Gasteiger charge is 2.49. The van der Waals surface area contributed by atoms with E-state index in [2.05, 4.69) is 24.3 Å². The molecule has 2 aliphatic heterocycles. The lowest BCUT2D eigenvalue weighted by Gasteiger charge is -2.37. The molecule has 5 nitrogen and oxygen atoms in total. The van der Waals surface area contributed by atoms with Crippen LogP contribution in [0, 0.1) is 5.41 Å². The number of piperidine rings is 1. The van der Waals surface area contributed by atoms with Gasteiger partial charge in [-0.05, 0) is 56.2 Å². The predicted molar refractivity (Wildman–Crippen MR) is 122 cm³/mol. The molecule has 1 amide bonds. The first-order chi connectivity index (χ1) is 14.9. The van der Waals surface area contributed by atoms with Crippen LogP contribution in [0.1, 0.15) is 37.7 Å². The van der Waals surface area contributed by atoms with Gasteiger partial charge in [-0.1, -0.05) is 54.1 Å². The smallest absolute Gasteiger partial charge is 0.244 e. The van der Waals surface area contributed by atoms with Gasteiger partial charge in [-0.25, -0.2) is 8.42 Å². The summed E-state index contributed by atoms with van der Waals surface area (Å²) in [5.74, 6) is 0.210. The van der Waals surface area contributed by atoms with Crippen molar-refractivity contribution in [3.8, 4) is 0 Å². The third-order valence-electron chi connectivity index (χ3n) is 6.72. The minimum atomic E-state index is -3.64. The second kappa shape index (κ2) is 9.31. The molecule has 4 rings (SSSR count). The summed E-state index contributed by atoms with van der Waals surface area (Å²) in [6, 6.07) is 17.0. The van der Waals surface area contributed by atoms with Crippen molar-refractivity contribution in [2.45, 2.75) is 43.4 Å². The summed E-state index contributed by atoms with van der Waals surface area (Å²) < 4.78 is 27.5. The Balaban J connectivity index is 1.30. The van der Waals surface area contributed by atoms with Gasteiger partial charge in [0.05, 0.1) is 10.4 Å². The van der Waals surface area contributed by atoms with Crippen molar-refractivity contribution in [2.75, 3.05) is 26.2 Å². The van der Waals surface area contributed by atoms with E-state index in [9.17, 15) is 13.2 Å². The number of carbonyl (C=O) groups is 1. The van der Waals surface area contributed by atoms with E-state index >= 15 is 0 Å². The van der Waals surface area contributed by atoms with Crippen LogP contribution in [0.4, 0.5) is 0 Å². The topological polar surface area (TPSA) is 57.7 Å². The zero-order valence-corrected chi connectivity index (χ0v) is 19.2. The zero-order chi connectivity index (χ0) is 21.9. The van der Waals surface area contributed by atoms with E-state index in [0.29, 0.717) is 25.9 Å². The van der Waals surface area contributed by atoms with Crippen molar-refractivity contribution >= 4 is 27.5 Å². The molecule has 166 valence electrons. The molecule has 7 heteroatoms. The van der Waals surface area contributed by atoms with Gasteiger partial charge in [0.1, 0.15) is 4.90 Å². The Morgan fingerprint density at radius 2 is 1.52 bits per heavy atom. The summed E-state index contributed by atoms with van der Waals surface area (Å²) in [6.45, 7) is 2.29. The van der Waals surface area contributed by atoms with Crippen LogP contribution in [0.2, 0.25) is 5.02 Å². The molecule has 31 heavy (non-hydrogen) atoms. The van der Waals surface area contributed by atoms with Gasteiger partial charge in [0.25, 0.3) is 0 Å². The lowest BCUT2D eigenvalue weighted by Crippen LogP contribution is -2.46. The van der Waals surface area contributed by atoms with E-state index in [-0.39, 0.29) is 15.8 Å². The van der Waals surface area contributed by atoms with Crippen molar-refractivity contribution in [1.82, 2.24) is 9.21 Å². The molecule has 0 aromatic heterocycles. The highest BCUT2D eigenvalue weighted by atomic mass is 35.5. The van der Waals surface area contributed by atoms with Crippen LogP contribution in [0.15, 0.2) is 59.5 Å². The molecule has 2 saturated heterocycles. The molecule has 2 aromatic rings. The second-order valence-corrected chi connectivity index (χ2v) is 10.9. The number of amides is 1. The molecule has 1 spiro atoms. The van der Waals surface area contributed by atoms with Crippen molar-refractivity contribution in [1.29, 1.82) is 0 Å². The van der Waals surface area contributed by atoms with Crippen LogP contribution in [-0.2, 0) is 21.2 Å². The fourth-order valence-electron chi connectivity index (χ4n) is 4.79. The molecule has 2 aliphatic rings. The normalized spacial score (nSPS) is 19.3. The molecule has 2 aromatic carbocycles. The fraction of sp³-hybridized carbons (Fsp3) is 0.458. The van der Waals surface area contributed by atoms with Crippen LogP contribution in [0.3, 0.4) is 0 Å². The summed E-state index contributed by atoms with van der Waals surface area (Å²) in [5.41, 5.74) is 0.935. The average Bonchev–Trinajstić information content (AvgIpc) is 3.07. The van der Waals surface area contributed by atoms with Gasteiger partial charge >= 0.3 is 0 Å².